The fraction of sp³-hybridized carbons (Fsp3) is 0.769. The Morgan fingerprint density at radius 3 is 2.33 bits per heavy atom. The Labute approximate surface area is 105 Å². The van der Waals surface area contributed by atoms with E-state index in [4.69, 9.17) is 0 Å². The first kappa shape index (κ1) is 11.7. The van der Waals surface area contributed by atoms with Gasteiger partial charge in [0.15, 0.2) is 0 Å². The predicted molar refractivity (Wildman–Crippen MR) is 61.4 cm³/mol. The number of rotatable bonds is 2. The monoisotopic (exact) mass is 251 g/mol. The molecule has 1 aliphatic heterocycles. The molecule has 0 aromatic carbocycles. The summed E-state index contributed by atoms with van der Waals surface area (Å²) in [7, 11) is 0. The fourth-order valence-corrected chi connectivity index (χ4v) is 4.08. The van der Waals surface area contributed by atoms with E-state index in [1.165, 1.54) is 4.90 Å². The molecule has 3 rings (SSSR count). The molecule has 0 aromatic heterocycles. The second-order valence-electron chi connectivity index (χ2n) is 5.70. The zero-order valence-electron chi connectivity index (χ0n) is 10.2. The molecule has 3 aliphatic rings. The molecule has 1 heterocycles. The van der Waals surface area contributed by atoms with Gasteiger partial charge in [-0.25, -0.2) is 0 Å². The number of carboxylic acid groups (broad SMARTS) is 1. The SMILES string of the molecule is O=C(O)C1C2CCC(C2)C1N1C(=O)CCCC1=O. The number of amides is 2. The predicted octanol–water partition coefficient (Wildman–Crippen LogP) is 1.02. The number of nitrogens with zero attached hydrogens (tertiary/aromatic N) is 1. The summed E-state index contributed by atoms with van der Waals surface area (Å²) in [6, 6.07) is -0.374. The van der Waals surface area contributed by atoms with E-state index < -0.39 is 11.9 Å². The summed E-state index contributed by atoms with van der Waals surface area (Å²) < 4.78 is 0. The van der Waals surface area contributed by atoms with Crippen LogP contribution in [-0.2, 0) is 14.4 Å². The Kier molecular flexibility index (Phi) is 2.64. The van der Waals surface area contributed by atoms with Gasteiger partial charge in [0, 0.05) is 12.8 Å². The molecule has 2 aliphatic carbocycles. The van der Waals surface area contributed by atoms with Crippen LogP contribution in [-0.4, -0.2) is 33.8 Å². The average molecular weight is 251 g/mol. The van der Waals surface area contributed by atoms with Crippen LogP contribution in [0.25, 0.3) is 0 Å². The molecule has 1 saturated heterocycles. The number of piperidine rings is 1. The van der Waals surface area contributed by atoms with Gasteiger partial charge in [-0.15, -0.1) is 0 Å². The smallest absolute Gasteiger partial charge is 0.308 e. The van der Waals surface area contributed by atoms with Gasteiger partial charge in [-0.05, 0) is 37.5 Å². The number of aliphatic carboxylic acids is 1. The normalized spacial score (nSPS) is 39.4. The molecule has 0 aromatic rings. The van der Waals surface area contributed by atoms with Crippen molar-refractivity contribution in [1.82, 2.24) is 4.90 Å². The maximum absolute atomic E-state index is 11.9. The largest absolute Gasteiger partial charge is 0.481 e. The van der Waals surface area contributed by atoms with E-state index in [1.807, 2.05) is 0 Å². The zero-order chi connectivity index (χ0) is 12.9. The van der Waals surface area contributed by atoms with Gasteiger partial charge in [0.05, 0.1) is 12.0 Å². The van der Waals surface area contributed by atoms with Crippen LogP contribution < -0.4 is 0 Å². The van der Waals surface area contributed by atoms with Gasteiger partial charge in [0.2, 0.25) is 11.8 Å². The van der Waals surface area contributed by atoms with E-state index in [9.17, 15) is 19.5 Å². The van der Waals surface area contributed by atoms with Crippen molar-refractivity contribution in [2.24, 2.45) is 17.8 Å². The molecular formula is C13H17NO4. The first-order valence-corrected chi connectivity index (χ1v) is 6.67. The highest BCUT2D eigenvalue weighted by Gasteiger charge is 2.55. The second-order valence-corrected chi connectivity index (χ2v) is 5.70. The Hall–Kier alpha value is -1.39. The van der Waals surface area contributed by atoms with Gasteiger partial charge in [-0.1, -0.05) is 0 Å². The lowest BCUT2D eigenvalue weighted by Gasteiger charge is -2.38. The van der Waals surface area contributed by atoms with Gasteiger partial charge in [0.1, 0.15) is 0 Å². The maximum Gasteiger partial charge on any atom is 0.308 e. The summed E-state index contributed by atoms with van der Waals surface area (Å²) >= 11 is 0. The van der Waals surface area contributed by atoms with Gasteiger partial charge in [-0.2, -0.15) is 0 Å². The standard InChI is InChI=1S/C13H17NO4/c15-9-2-1-3-10(16)14(9)12-8-5-4-7(6-8)11(12)13(17)18/h7-8,11-12H,1-6H2,(H,17,18). The molecule has 2 bridgehead atoms. The number of carbonyl (C=O) groups excluding carboxylic acids is 2. The molecule has 4 atom stereocenters. The summed E-state index contributed by atoms with van der Waals surface area (Å²) in [6.07, 6.45) is 4.11. The summed E-state index contributed by atoms with van der Waals surface area (Å²) in [5.74, 6) is -1.36. The maximum atomic E-state index is 11.9. The summed E-state index contributed by atoms with van der Waals surface area (Å²) in [5.41, 5.74) is 0. The average Bonchev–Trinajstić information content (AvgIpc) is 2.88. The van der Waals surface area contributed by atoms with E-state index in [1.54, 1.807) is 0 Å². The van der Waals surface area contributed by atoms with Gasteiger partial charge in [0.25, 0.3) is 0 Å². The molecule has 5 nitrogen and oxygen atoms in total. The van der Waals surface area contributed by atoms with Crippen molar-refractivity contribution in [1.29, 1.82) is 0 Å². The molecule has 18 heavy (non-hydrogen) atoms. The number of imide groups is 1. The quantitative estimate of drug-likeness (QED) is 0.744. The van der Waals surface area contributed by atoms with E-state index in [0.29, 0.717) is 19.3 Å². The zero-order valence-corrected chi connectivity index (χ0v) is 10.2. The van der Waals surface area contributed by atoms with Crippen molar-refractivity contribution >= 4 is 17.8 Å². The first-order chi connectivity index (χ1) is 8.59. The van der Waals surface area contributed by atoms with E-state index in [2.05, 4.69) is 0 Å². The number of hydrogen-bond donors (Lipinski definition) is 1. The van der Waals surface area contributed by atoms with E-state index >= 15 is 0 Å². The van der Waals surface area contributed by atoms with Crippen LogP contribution in [0.3, 0.4) is 0 Å². The lowest BCUT2D eigenvalue weighted by Crippen LogP contribution is -2.54. The molecule has 3 fully saturated rings. The van der Waals surface area contributed by atoms with Gasteiger partial charge < -0.3 is 5.11 Å². The molecule has 98 valence electrons. The minimum absolute atomic E-state index is 0.153. The topological polar surface area (TPSA) is 74.7 Å². The lowest BCUT2D eigenvalue weighted by molar-refractivity contribution is -0.157. The lowest BCUT2D eigenvalue weighted by atomic mass is 9.82. The summed E-state index contributed by atoms with van der Waals surface area (Å²) in [5, 5.41) is 9.36. The Balaban J connectivity index is 1.91. The minimum atomic E-state index is -0.849. The highest BCUT2D eigenvalue weighted by molar-refractivity contribution is 5.98. The Morgan fingerprint density at radius 1 is 1.11 bits per heavy atom. The number of hydrogen-bond acceptors (Lipinski definition) is 3. The fourth-order valence-electron chi connectivity index (χ4n) is 4.08. The van der Waals surface area contributed by atoms with E-state index in [-0.39, 0.29) is 29.7 Å². The van der Waals surface area contributed by atoms with Crippen LogP contribution in [0.15, 0.2) is 0 Å². The number of fused-ring (bicyclic) bond motifs is 2. The summed E-state index contributed by atoms with van der Waals surface area (Å²) in [4.78, 5) is 36.6. The molecule has 0 radical (unpaired) electrons. The van der Waals surface area contributed by atoms with Gasteiger partial charge >= 0.3 is 5.97 Å². The van der Waals surface area contributed by atoms with Crippen LogP contribution in [0.5, 0.6) is 0 Å². The van der Waals surface area contributed by atoms with Crippen LogP contribution in [0.2, 0.25) is 0 Å². The van der Waals surface area contributed by atoms with Crippen LogP contribution >= 0.6 is 0 Å². The molecule has 2 saturated carbocycles. The third-order valence-corrected chi connectivity index (χ3v) is 4.77. The Bertz CT molecular complexity index is 403. The third-order valence-electron chi connectivity index (χ3n) is 4.77. The minimum Gasteiger partial charge on any atom is -0.481 e. The molecule has 2 amide bonds. The molecule has 4 unspecified atom stereocenters. The highest BCUT2D eigenvalue weighted by Crippen LogP contribution is 2.51. The van der Waals surface area contributed by atoms with Crippen molar-refractivity contribution in [3.63, 3.8) is 0 Å². The second kappa shape index (κ2) is 4.07. The van der Waals surface area contributed by atoms with Crippen molar-refractivity contribution < 1.29 is 19.5 Å². The van der Waals surface area contributed by atoms with Gasteiger partial charge in [-0.3, -0.25) is 19.3 Å². The van der Waals surface area contributed by atoms with Crippen LogP contribution in [0, 0.1) is 17.8 Å². The van der Waals surface area contributed by atoms with E-state index in [0.717, 1.165) is 19.3 Å². The molecule has 1 N–H and O–H groups in total. The van der Waals surface area contributed by atoms with Crippen molar-refractivity contribution in [2.45, 2.75) is 44.6 Å². The molecule has 5 heteroatoms. The van der Waals surface area contributed by atoms with Crippen LogP contribution in [0.1, 0.15) is 38.5 Å². The number of carbonyl (C=O) groups is 3. The molecule has 0 spiro atoms. The van der Waals surface area contributed by atoms with Crippen molar-refractivity contribution in [3.05, 3.63) is 0 Å². The Morgan fingerprint density at radius 2 is 1.72 bits per heavy atom. The third kappa shape index (κ3) is 1.56. The van der Waals surface area contributed by atoms with Crippen molar-refractivity contribution in [3.8, 4) is 0 Å². The highest BCUT2D eigenvalue weighted by atomic mass is 16.4. The van der Waals surface area contributed by atoms with Crippen LogP contribution in [0.4, 0.5) is 0 Å². The molecular weight excluding hydrogens is 234 g/mol. The summed E-state index contributed by atoms with van der Waals surface area (Å²) in [6.45, 7) is 0. The van der Waals surface area contributed by atoms with Crippen molar-refractivity contribution in [2.75, 3.05) is 0 Å². The number of carboxylic acids is 1. The number of likely N-dealkylation sites (tertiary alicyclic amines) is 1. The first-order valence-electron chi connectivity index (χ1n) is 6.67.